The predicted molar refractivity (Wildman–Crippen MR) is 81.9 cm³/mol. The smallest absolute Gasteiger partial charge is 0.310 e. The van der Waals surface area contributed by atoms with Gasteiger partial charge in [0.1, 0.15) is 0 Å². The van der Waals surface area contributed by atoms with Crippen molar-refractivity contribution in [2.75, 3.05) is 32.8 Å². The summed E-state index contributed by atoms with van der Waals surface area (Å²) in [7, 11) is 0. The van der Waals surface area contributed by atoms with E-state index in [9.17, 15) is 4.79 Å². The van der Waals surface area contributed by atoms with Gasteiger partial charge < -0.3 is 10.1 Å². The second-order valence-electron chi connectivity index (χ2n) is 6.29. The highest BCUT2D eigenvalue weighted by Crippen LogP contribution is 2.43. The van der Waals surface area contributed by atoms with Crippen LogP contribution in [0.15, 0.2) is 30.3 Å². The van der Waals surface area contributed by atoms with E-state index in [2.05, 4.69) is 41.4 Å². The molecule has 0 bridgehead atoms. The largest absolute Gasteiger partial charge is 0.466 e. The molecule has 0 aliphatic carbocycles. The van der Waals surface area contributed by atoms with E-state index in [1.807, 2.05) is 13.0 Å². The molecule has 2 atom stereocenters. The summed E-state index contributed by atoms with van der Waals surface area (Å²) in [5.74, 6) is -0.0216. The van der Waals surface area contributed by atoms with Crippen molar-refractivity contribution < 1.29 is 9.53 Å². The highest BCUT2D eigenvalue weighted by atomic mass is 16.5. The van der Waals surface area contributed by atoms with Gasteiger partial charge in [0.2, 0.25) is 0 Å². The van der Waals surface area contributed by atoms with Crippen molar-refractivity contribution in [2.24, 2.45) is 11.3 Å². The quantitative estimate of drug-likeness (QED) is 0.858. The highest BCUT2D eigenvalue weighted by molar-refractivity contribution is 5.74. The summed E-state index contributed by atoms with van der Waals surface area (Å²) in [5, 5.41) is 3.34. The molecule has 2 aliphatic rings. The number of esters is 1. The maximum Gasteiger partial charge on any atom is 0.310 e. The van der Waals surface area contributed by atoms with Gasteiger partial charge in [0.25, 0.3) is 0 Å². The summed E-state index contributed by atoms with van der Waals surface area (Å²) in [6.45, 7) is 8.19. The molecule has 4 heteroatoms. The lowest BCUT2D eigenvalue weighted by molar-refractivity contribution is -0.152. The number of hydrogen-bond donors (Lipinski definition) is 1. The monoisotopic (exact) mass is 288 g/mol. The molecule has 4 nitrogen and oxygen atoms in total. The molecule has 3 rings (SSSR count). The van der Waals surface area contributed by atoms with E-state index in [1.54, 1.807) is 0 Å². The van der Waals surface area contributed by atoms with Crippen molar-refractivity contribution in [1.29, 1.82) is 0 Å². The molecule has 2 fully saturated rings. The zero-order valence-electron chi connectivity index (χ0n) is 12.8. The Hall–Kier alpha value is -1.39. The second-order valence-corrected chi connectivity index (χ2v) is 6.29. The zero-order chi connectivity index (χ0) is 14.9. The summed E-state index contributed by atoms with van der Waals surface area (Å²) < 4.78 is 5.30. The van der Waals surface area contributed by atoms with Gasteiger partial charge in [0, 0.05) is 37.6 Å². The van der Waals surface area contributed by atoms with Crippen molar-refractivity contribution in [1.82, 2.24) is 10.2 Å². The minimum Gasteiger partial charge on any atom is -0.466 e. The predicted octanol–water partition coefficient (Wildman–Crippen LogP) is 1.83. The fourth-order valence-electron chi connectivity index (χ4n) is 3.62. The molecule has 0 amide bonds. The molecule has 0 aromatic heterocycles. The molecule has 2 heterocycles. The summed E-state index contributed by atoms with van der Waals surface area (Å²) >= 11 is 0. The molecule has 114 valence electrons. The average Bonchev–Trinajstić information content (AvgIpc) is 2.88. The molecule has 1 N–H and O–H groups in total. The SMILES string of the molecule is CCOC(=O)C1CN(C(C)c2ccccc2)CC12CNC2. The van der Waals surface area contributed by atoms with Gasteiger partial charge >= 0.3 is 5.97 Å². The van der Waals surface area contributed by atoms with Crippen molar-refractivity contribution in [3.63, 3.8) is 0 Å². The number of carbonyl (C=O) groups excluding carboxylic acids is 1. The van der Waals surface area contributed by atoms with Crippen LogP contribution in [-0.4, -0.2) is 43.7 Å². The number of nitrogens with zero attached hydrogens (tertiary/aromatic N) is 1. The first-order chi connectivity index (χ1) is 10.2. The van der Waals surface area contributed by atoms with Crippen molar-refractivity contribution in [3.8, 4) is 0 Å². The summed E-state index contributed by atoms with van der Waals surface area (Å²) in [6, 6.07) is 10.8. The maximum atomic E-state index is 12.3. The third kappa shape index (κ3) is 2.58. The van der Waals surface area contributed by atoms with Crippen LogP contribution in [0.3, 0.4) is 0 Å². The van der Waals surface area contributed by atoms with Gasteiger partial charge in [0.05, 0.1) is 12.5 Å². The maximum absolute atomic E-state index is 12.3. The van der Waals surface area contributed by atoms with Crippen molar-refractivity contribution >= 4 is 5.97 Å². The average molecular weight is 288 g/mol. The molecule has 1 aromatic carbocycles. The molecular weight excluding hydrogens is 264 g/mol. The number of rotatable bonds is 4. The number of hydrogen-bond acceptors (Lipinski definition) is 4. The van der Waals surface area contributed by atoms with Crippen LogP contribution in [-0.2, 0) is 9.53 Å². The summed E-state index contributed by atoms with van der Waals surface area (Å²) in [4.78, 5) is 14.7. The van der Waals surface area contributed by atoms with Gasteiger partial charge in [-0.15, -0.1) is 0 Å². The van der Waals surface area contributed by atoms with Crippen LogP contribution in [0.4, 0.5) is 0 Å². The minimum absolute atomic E-state index is 0.00450. The van der Waals surface area contributed by atoms with Gasteiger partial charge in [-0.25, -0.2) is 0 Å². The van der Waals surface area contributed by atoms with E-state index in [0.717, 1.165) is 26.2 Å². The Balaban J connectivity index is 1.76. The molecule has 2 unspecified atom stereocenters. The van der Waals surface area contributed by atoms with Gasteiger partial charge in [-0.3, -0.25) is 9.69 Å². The van der Waals surface area contributed by atoms with Crippen LogP contribution in [0.1, 0.15) is 25.5 Å². The zero-order valence-corrected chi connectivity index (χ0v) is 12.8. The Kier molecular flexibility index (Phi) is 4.00. The third-order valence-corrected chi connectivity index (χ3v) is 5.03. The molecule has 21 heavy (non-hydrogen) atoms. The fraction of sp³-hybridized carbons (Fsp3) is 0.588. The van der Waals surface area contributed by atoms with E-state index >= 15 is 0 Å². The lowest BCUT2D eigenvalue weighted by Crippen LogP contribution is -2.59. The molecule has 1 spiro atoms. The van der Waals surface area contributed by atoms with Gasteiger partial charge in [0.15, 0.2) is 0 Å². The van der Waals surface area contributed by atoms with Crippen molar-refractivity contribution in [3.05, 3.63) is 35.9 Å². The topological polar surface area (TPSA) is 41.6 Å². The van der Waals surface area contributed by atoms with Gasteiger partial charge in [-0.1, -0.05) is 30.3 Å². The summed E-state index contributed by atoms with van der Waals surface area (Å²) in [6.07, 6.45) is 0. The van der Waals surface area contributed by atoms with Crippen LogP contribution in [0.25, 0.3) is 0 Å². The minimum atomic E-state index is -0.0261. The number of carbonyl (C=O) groups is 1. The normalized spacial score (nSPS) is 25.5. The number of likely N-dealkylation sites (tertiary alicyclic amines) is 1. The van der Waals surface area contributed by atoms with E-state index < -0.39 is 0 Å². The standard InChI is InChI=1S/C17H24N2O2/c1-3-21-16(20)15-9-19(12-17(15)10-18-11-17)13(2)14-7-5-4-6-8-14/h4-8,13,15,18H,3,9-12H2,1-2H3. The Morgan fingerprint density at radius 1 is 1.43 bits per heavy atom. The number of ether oxygens (including phenoxy) is 1. The summed E-state index contributed by atoms with van der Waals surface area (Å²) in [5.41, 5.74) is 1.39. The van der Waals surface area contributed by atoms with Gasteiger partial charge in [-0.05, 0) is 19.4 Å². The van der Waals surface area contributed by atoms with Gasteiger partial charge in [-0.2, -0.15) is 0 Å². The Morgan fingerprint density at radius 3 is 2.71 bits per heavy atom. The molecular formula is C17H24N2O2. The molecule has 2 aliphatic heterocycles. The van der Waals surface area contributed by atoms with Crippen LogP contribution < -0.4 is 5.32 Å². The van der Waals surface area contributed by atoms with Crippen LogP contribution >= 0.6 is 0 Å². The first-order valence-corrected chi connectivity index (χ1v) is 7.82. The van der Waals surface area contributed by atoms with Crippen LogP contribution in [0.2, 0.25) is 0 Å². The van der Waals surface area contributed by atoms with Crippen LogP contribution in [0, 0.1) is 11.3 Å². The highest BCUT2D eigenvalue weighted by Gasteiger charge is 2.55. The second kappa shape index (κ2) is 5.78. The molecule has 0 saturated carbocycles. The Bertz CT molecular complexity index is 499. The fourth-order valence-corrected chi connectivity index (χ4v) is 3.62. The molecule has 1 aromatic rings. The number of nitrogens with one attached hydrogen (secondary N) is 1. The number of benzene rings is 1. The lowest BCUT2D eigenvalue weighted by atomic mass is 9.73. The van der Waals surface area contributed by atoms with E-state index in [1.165, 1.54) is 5.56 Å². The van der Waals surface area contributed by atoms with Crippen LogP contribution in [0.5, 0.6) is 0 Å². The van der Waals surface area contributed by atoms with E-state index in [-0.39, 0.29) is 17.3 Å². The van der Waals surface area contributed by atoms with E-state index in [4.69, 9.17) is 4.74 Å². The third-order valence-electron chi connectivity index (χ3n) is 5.03. The first-order valence-electron chi connectivity index (χ1n) is 7.82. The van der Waals surface area contributed by atoms with E-state index in [0.29, 0.717) is 12.6 Å². The lowest BCUT2D eigenvalue weighted by Gasteiger charge is -2.42. The Labute approximate surface area is 126 Å². The molecule has 0 radical (unpaired) electrons. The van der Waals surface area contributed by atoms with Crippen molar-refractivity contribution in [2.45, 2.75) is 19.9 Å². The molecule has 2 saturated heterocycles. The first kappa shape index (κ1) is 14.5. The Morgan fingerprint density at radius 2 is 2.14 bits per heavy atom.